The third-order valence-electron chi connectivity index (χ3n) is 7.09. The van der Waals surface area contributed by atoms with Crippen LogP contribution in [0.2, 0.25) is 0 Å². The lowest BCUT2D eigenvalue weighted by atomic mass is 9.73. The number of phenols is 1. The Labute approximate surface area is 235 Å². The summed E-state index contributed by atoms with van der Waals surface area (Å²) < 4.78 is 5.88. The minimum absolute atomic E-state index is 0.0986. The van der Waals surface area contributed by atoms with E-state index in [0.717, 1.165) is 29.5 Å². The number of rotatable bonds is 11. The van der Waals surface area contributed by atoms with E-state index in [1.54, 1.807) is 26.2 Å². The van der Waals surface area contributed by atoms with E-state index in [4.69, 9.17) is 4.74 Å². The molecule has 208 valence electrons. The number of benzene rings is 3. The second-order valence-electron chi connectivity index (χ2n) is 10.1. The minimum Gasteiger partial charge on any atom is -0.508 e. The molecule has 4 rings (SSSR count). The Morgan fingerprint density at radius 1 is 0.900 bits per heavy atom. The topological polar surface area (TPSA) is 90.3 Å². The molecule has 0 aliphatic heterocycles. The summed E-state index contributed by atoms with van der Waals surface area (Å²) >= 11 is 0. The van der Waals surface area contributed by atoms with Crippen molar-refractivity contribution in [3.63, 3.8) is 0 Å². The Balaban J connectivity index is 1.54. The van der Waals surface area contributed by atoms with Gasteiger partial charge in [-0.1, -0.05) is 67.1 Å². The number of hydrogen-bond donors (Lipinski definition) is 2. The highest BCUT2D eigenvalue weighted by molar-refractivity contribution is 5.99. The lowest BCUT2D eigenvalue weighted by molar-refractivity contribution is -0.123. The lowest BCUT2D eigenvalue weighted by Gasteiger charge is -2.31. The highest BCUT2D eigenvalue weighted by Crippen LogP contribution is 2.45. The Hall–Kier alpha value is -4.52. The average molecular weight is 541 g/mol. The van der Waals surface area contributed by atoms with Crippen LogP contribution in [0.4, 0.5) is 4.79 Å². The number of carbonyl (C=O) groups excluding carboxylic acids is 1. The second kappa shape index (κ2) is 13.5. The third-order valence-corrected chi connectivity index (χ3v) is 7.09. The normalized spacial score (nSPS) is 13.8. The van der Waals surface area contributed by atoms with Crippen LogP contribution in [0.1, 0.15) is 36.0 Å². The second-order valence-corrected chi connectivity index (χ2v) is 10.1. The predicted octanol–water partition coefficient (Wildman–Crippen LogP) is 6.15. The standard InChI is InChI=1S/C33H36N2O5/c1-34(2)30(37)12-7-21-35(33(38)39)22-23-40-29-19-15-27(16-20-29)32(26-13-17-28(36)18-14-26)31(25-10-6-11-25)24-8-4-3-5-9-24/h3-5,7-9,12-20,25,36H,6,10-11,21-23H2,1-2H3,(H,38,39)/b12-7+,32-31+. The first-order valence-corrected chi connectivity index (χ1v) is 13.5. The van der Waals surface area contributed by atoms with Crippen LogP contribution in [-0.4, -0.2) is 65.8 Å². The summed E-state index contributed by atoms with van der Waals surface area (Å²) in [4.78, 5) is 25.9. The molecule has 3 aromatic rings. The van der Waals surface area contributed by atoms with E-state index in [1.807, 2.05) is 42.5 Å². The van der Waals surface area contributed by atoms with E-state index in [-0.39, 0.29) is 31.4 Å². The quantitative estimate of drug-likeness (QED) is 0.225. The predicted molar refractivity (Wildman–Crippen MR) is 157 cm³/mol. The first-order valence-electron chi connectivity index (χ1n) is 13.5. The van der Waals surface area contributed by atoms with E-state index < -0.39 is 6.09 Å². The minimum atomic E-state index is -1.07. The molecule has 2 amide bonds. The summed E-state index contributed by atoms with van der Waals surface area (Å²) in [5.41, 5.74) is 5.73. The van der Waals surface area contributed by atoms with E-state index in [0.29, 0.717) is 11.7 Å². The van der Waals surface area contributed by atoms with E-state index in [9.17, 15) is 19.8 Å². The third kappa shape index (κ3) is 7.32. The number of amides is 2. The Bertz CT molecular complexity index is 1340. The van der Waals surface area contributed by atoms with Crippen molar-refractivity contribution in [2.75, 3.05) is 33.8 Å². The van der Waals surface area contributed by atoms with E-state index >= 15 is 0 Å². The lowest BCUT2D eigenvalue weighted by Crippen LogP contribution is -2.33. The van der Waals surface area contributed by atoms with Crippen molar-refractivity contribution >= 4 is 23.1 Å². The zero-order valence-electron chi connectivity index (χ0n) is 23.0. The first-order chi connectivity index (χ1) is 19.3. The Morgan fingerprint density at radius 3 is 2.08 bits per heavy atom. The summed E-state index contributed by atoms with van der Waals surface area (Å²) in [5, 5.41) is 19.4. The molecule has 1 aliphatic rings. The van der Waals surface area contributed by atoms with Crippen LogP contribution in [0.25, 0.3) is 11.1 Å². The molecule has 1 aliphatic carbocycles. The van der Waals surface area contributed by atoms with Crippen LogP contribution in [0, 0.1) is 5.92 Å². The number of carbonyl (C=O) groups is 2. The van der Waals surface area contributed by atoms with Gasteiger partial charge in [0.1, 0.15) is 18.1 Å². The fraction of sp³-hybridized carbons (Fsp3) is 0.273. The van der Waals surface area contributed by atoms with Crippen molar-refractivity contribution in [2.24, 2.45) is 5.92 Å². The maximum absolute atomic E-state index is 11.7. The highest BCUT2D eigenvalue weighted by atomic mass is 16.5. The fourth-order valence-electron chi connectivity index (χ4n) is 4.69. The van der Waals surface area contributed by atoms with Crippen molar-refractivity contribution < 1.29 is 24.5 Å². The molecule has 40 heavy (non-hydrogen) atoms. The van der Waals surface area contributed by atoms with Gasteiger partial charge in [0.2, 0.25) is 5.91 Å². The summed E-state index contributed by atoms with van der Waals surface area (Å²) in [7, 11) is 3.28. The molecule has 7 heteroatoms. The Kier molecular flexibility index (Phi) is 9.62. The molecule has 0 aromatic heterocycles. The van der Waals surface area contributed by atoms with Gasteiger partial charge < -0.3 is 24.7 Å². The van der Waals surface area contributed by atoms with Crippen LogP contribution in [-0.2, 0) is 4.79 Å². The van der Waals surface area contributed by atoms with Crippen LogP contribution >= 0.6 is 0 Å². The molecular weight excluding hydrogens is 504 g/mol. The van der Waals surface area contributed by atoms with Crippen molar-refractivity contribution in [1.82, 2.24) is 9.80 Å². The van der Waals surface area contributed by atoms with Crippen molar-refractivity contribution in [3.05, 3.63) is 108 Å². The highest BCUT2D eigenvalue weighted by Gasteiger charge is 2.27. The number of carboxylic acid groups (broad SMARTS) is 1. The van der Waals surface area contributed by atoms with Gasteiger partial charge in [0.05, 0.1) is 6.54 Å². The van der Waals surface area contributed by atoms with Gasteiger partial charge >= 0.3 is 6.09 Å². The number of nitrogens with zero attached hydrogens (tertiary/aromatic N) is 2. The number of ether oxygens (including phenoxy) is 1. The molecule has 0 unspecified atom stereocenters. The number of allylic oxidation sites excluding steroid dienone is 1. The Morgan fingerprint density at radius 2 is 1.52 bits per heavy atom. The van der Waals surface area contributed by atoms with Crippen LogP contribution in [0.3, 0.4) is 0 Å². The van der Waals surface area contributed by atoms with Gasteiger partial charge in [0.15, 0.2) is 0 Å². The maximum Gasteiger partial charge on any atom is 0.407 e. The van der Waals surface area contributed by atoms with Gasteiger partial charge in [-0.3, -0.25) is 4.79 Å². The molecule has 2 N–H and O–H groups in total. The van der Waals surface area contributed by atoms with Crippen molar-refractivity contribution in [3.8, 4) is 11.5 Å². The monoisotopic (exact) mass is 540 g/mol. The van der Waals surface area contributed by atoms with Gasteiger partial charge in [-0.2, -0.15) is 0 Å². The molecule has 0 radical (unpaired) electrons. The number of hydrogen-bond acceptors (Lipinski definition) is 4. The molecular formula is C33H36N2O5. The smallest absolute Gasteiger partial charge is 0.407 e. The molecule has 7 nitrogen and oxygen atoms in total. The van der Waals surface area contributed by atoms with Gasteiger partial charge in [-0.05, 0) is 70.9 Å². The van der Waals surface area contributed by atoms with Crippen LogP contribution in [0.5, 0.6) is 11.5 Å². The SMILES string of the molecule is CN(C)C(=O)/C=C/CN(CCOc1ccc(/C(=C(\c2ccccc2)C2CCC2)c2ccc(O)cc2)cc1)C(=O)O. The largest absolute Gasteiger partial charge is 0.508 e. The molecule has 1 saturated carbocycles. The number of aromatic hydroxyl groups is 1. The molecule has 0 saturated heterocycles. The van der Waals surface area contributed by atoms with Gasteiger partial charge in [0, 0.05) is 26.7 Å². The molecule has 0 bridgehead atoms. The zero-order valence-corrected chi connectivity index (χ0v) is 23.0. The first kappa shape index (κ1) is 28.5. The molecule has 3 aromatic carbocycles. The number of likely N-dealkylation sites (N-methyl/N-ethyl adjacent to an activating group) is 1. The summed E-state index contributed by atoms with van der Waals surface area (Å²) in [6, 6.07) is 25.7. The molecule has 0 spiro atoms. The summed E-state index contributed by atoms with van der Waals surface area (Å²) in [6.45, 7) is 0.441. The number of phenolic OH excluding ortho intramolecular Hbond substituents is 1. The molecule has 0 heterocycles. The van der Waals surface area contributed by atoms with Crippen molar-refractivity contribution in [1.29, 1.82) is 0 Å². The van der Waals surface area contributed by atoms with E-state index in [2.05, 4.69) is 24.3 Å². The van der Waals surface area contributed by atoms with Gasteiger partial charge in [-0.25, -0.2) is 4.79 Å². The van der Waals surface area contributed by atoms with Crippen LogP contribution in [0.15, 0.2) is 91.0 Å². The summed E-state index contributed by atoms with van der Waals surface area (Å²) in [6.07, 6.45) is 5.33. The summed E-state index contributed by atoms with van der Waals surface area (Å²) in [5.74, 6) is 1.13. The van der Waals surface area contributed by atoms with Crippen LogP contribution < -0.4 is 4.74 Å². The van der Waals surface area contributed by atoms with Gasteiger partial charge in [0.25, 0.3) is 0 Å². The fourth-order valence-corrected chi connectivity index (χ4v) is 4.69. The van der Waals surface area contributed by atoms with Gasteiger partial charge in [-0.15, -0.1) is 0 Å². The average Bonchev–Trinajstić information content (AvgIpc) is 2.92. The van der Waals surface area contributed by atoms with Crippen molar-refractivity contribution in [2.45, 2.75) is 19.3 Å². The molecule has 1 fully saturated rings. The maximum atomic E-state index is 11.7. The van der Waals surface area contributed by atoms with E-state index in [1.165, 1.54) is 39.5 Å². The zero-order chi connectivity index (χ0) is 28.5. The molecule has 0 atom stereocenters.